The van der Waals surface area contributed by atoms with Crippen molar-refractivity contribution >= 4 is 5.91 Å². The zero-order valence-corrected chi connectivity index (χ0v) is 16.4. The molecule has 1 saturated heterocycles. The molecule has 28 heavy (non-hydrogen) atoms. The molecule has 2 heterocycles. The number of aryl methyl sites for hydroxylation is 2. The second-order valence-electron chi connectivity index (χ2n) is 7.35. The predicted molar refractivity (Wildman–Crippen MR) is 108 cm³/mol. The summed E-state index contributed by atoms with van der Waals surface area (Å²) in [6, 6.07) is 16.6. The van der Waals surface area contributed by atoms with Crippen LogP contribution in [0.3, 0.4) is 0 Å². The molecule has 1 atom stereocenters. The maximum absolute atomic E-state index is 12.5. The molecule has 1 aliphatic heterocycles. The van der Waals surface area contributed by atoms with E-state index >= 15 is 0 Å². The second kappa shape index (κ2) is 7.97. The van der Waals surface area contributed by atoms with Crippen molar-refractivity contribution in [2.45, 2.75) is 45.6 Å². The molecule has 4 rings (SSSR count). The van der Waals surface area contributed by atoms with E-state index in [-0.39, 0.29) is 11.8 Å². The van der Waals surface area contributed by atoms with Gasteiger partial charge in [-0.05, 0) is 41.7 Å². The van der Waals surface area contributed by atoms with Gasteiger partial charge in [-0.3, -0.25) is 4.79 Å². The van der Waals surface area contributed by atoms with Crippen LogP contribution in [0.2, 0.25) is 0 Å². The van der Waals surface area contributed by atoms with Crippen molar-refractivity contribution in [1.29, 1.82) is 0 Å². The molecule has 5 heteroatoms. The monoisotopic (exact) mass is 375 g/mol. The summed E-state index contributed by atoms with van der Waals surface area (Å²) in [7, 11) is 0. The van der Waals surface area contributed by atoms with Gasteiger partial charge in [0.25, 0.3) is 5.89 Å². The smallest absolute Gasteiger partial charge is 0.257 e. The zero-order valence-electron chi connectivity index (χ0n) is 16.4. The minimum atomic E-state index is -0.0187. The number of benzene rings is 2. The third-order valence-corrected chi connectivity index (χ3v) is 5.44. The van der Waals surface area contributed by atoms with Crippen LogP contribution in [-0.4, -0.2) is 27.5 Å². The summed E-state index contributed by atoms with van der Waals surface area (Å²) in [4.78, 5) is 18.9. The number of nitrogens with zero attached hydrogens (tertiary/aromatic N) is 3. The molecular weight excluding hydrogens is 350 g/mol. The Morgan fingerprint density at radius 1 is 0.964 bits per heavy atom. The van der Waals surface area contributed by atoms with Crippen LogP contribution in [0.15, 0.2) is 53.1 Å². The van der Waals surface area contributed by atoms with Crippen LogP contribution in [0.5, 0.6) is 0 Å². The van der Waals surface area contributed by atoms with Crippen molar-refractivity contribution in [3.63, 3.8) is 0 Å². The highest BCUT2D eigenvalue weighted by atomic mass is 16.5. The number of hydrogen-bond acceptors (Lipinski definition) is 4. The van der Waals surface area contributed by atoms with Crippen molar-refractivity contribution in [2.75, 3.05) is 6.54 Å². The number of aromatic nitrogens is 2. The first-order valence-corrected chi connectivity index (χ1v) is 9.94. The van der Waals surface area contributed by atoms with Gasteiger partial charge in [-0.25, -0.2) is 0 Å². The van der Waals surface area contributed by atoms with Crippen LogP contribution in [0.1, 0.15) is 48.7 Å². The molecule has 2 aromatic carbocycles. The molecule has 5 nitrogen and oxygen atoms in total. The van der Waals surface area contributed by atoms with E-state index in [4.69, 9.17) is 4.52 Å². The lowest BCUT2D eigenvalue weighted by molar-refractivity contribution is -0.128. The predicted octanol–water partition coefficient (Wildman–Crippen LogP) is 4.38. The van der Waals surface area contributed by atoms with Crippen molar-refractivity contribution in [3.05, 3.63) is 71.0 Å². The number of carbonyl (C=O) groups is 1. The van der Waals surface area contributed by atoms with Crippen LogP contribution >= 0.6 is 0 Å². The fourth-order valence-corrected chi connectivity index (χ4v) is 3.60. The average Bonchev–Trinajstić information content (AvgIpc) is 3.36. The molecule has 1 unspecified atom stereocenters. The highest BCUT2D eigenvalue weighted by Gasteiger charge is 2.33. The SMILES string of the molecule is CCc1ccc(CN2CC(c3noc(-c4ccc(CC)cc4)n3)CC2=O)cc1. The second-order valence-corrected chi connectivity index (χ2v) is 7.35. The Morgan fingerprint density at radius 3 is 2.21 bits per heavy atom. The van der Waals surface area contributed by atoms with E-state index < -0.39 is 0 Å². The topological polar surface area (TPSA) is 59.2 Å². The molecule has 0 aliphatic carbocycles. The van der Waals surface area contributed by atoms with E-state index in [0.717, 1.165) is 24.0 Å². The van der Waals surface area contributed by atoms with Crippen molar-refractivity contribution in [2.24, 2.45) is 0 Å². The summed E-state index contributed by atoms with van der Waals surface area (Å²) in [5.74, 6) is 1.25. The summed E-state index contributed by atoms with van der Waals surface area (Å²) < 4.78 is 5.46. The van der Waals surface area contributed by atoms with Crippen LogP contribution in [0.4, 0.5) is 0 Å². The first-order valence-electron chi connectivity index (χ1n) is 9.94. The van der Waals surface area contributed by atoms with E-state index in [1.54, 1.807) is 0 Å². The van der Waals surface area contributed by atoms with E-state index in [1.165, 1.54) is 11.1 Å². The third-order valence-electron chi connectivity index (χ3n) is 5.44. The van der Waals surface area contributed by atoms with Crippen molar-refractivity contribution in [3.8, 4) is 11.5 Å². The van der Waals surface area contributed by atoms with Gasteiger partial charge in [0, 0.05) is 31.0 Å². The quantitative estimate of drug-likeness (QED) is 0.642. The first-order chi connectivity index (χ1) is 13.7. The van der Waals surface area contributed by atoms with Crippen molar-refractivity contribution < 1.29 is 9.32 Å². The van der Waals surface area contributed by atoms with Crippen molar-refractivity contribution in [1.82, 2.24) is 15.0 Å². The molecule has 1 fully saturated rings. The standard InChI is InChI=1S/C23H25N3O2/c1-3-16-5-7-18(8-6-16)14-26-15-20(13-21(26)27)22-24-23(28-25-22)19-11-9-17(4-2)10-12-19/h5-12,20H,3-4,13-15H2,1-2H3. The molecule has 144 valence electrons. The van der Waals surface area contributed by atoms with Crippen LogP contribution in [0.25, 0.3) is 11.5 Å². The Bertz CT molecular complexity index is 945. The molecule has 1 amide bonds. The maximum atomic E-state index is 12.5. The summed E-state index contributed by atoms with van der Waals surface area (Å²) in [6.45, 7) is 5.52. The van der Waals surface area contributed by atoms with Gasteiger partial charge in [-0.15, -0.1) is 0 Å². The molecule has 0 radical (unpaired) electrons. The molecule has 1 aromatic heterocycles. The highest BCUT2D eigenvalue weighted by Crippen LogP contribution is 2.29. The van der Waals surface area contributed by atoms with Gasteiger partial charge in [0.1, 0.15) is 0 Å². The molecule has 0 spiro atoms. The maximum Gasteiger partial charge on any atom is 0.257 e. The van der Waals surface area contributed by atoms with Crippen LogP contribution < -0.4 is 0 Å². The van der Waals surface area contributed by atoms with Gasteiger partial charge < -0.3 is 9.42 Å². The molecule has 0 N–H and O–H groups in total. The normalized spacial score (nSPS) is 16.7. The highest BCUT2D eigenvalue weighted by molar-refractivity contribution is 5.79. The molecular formula is C23H25N3O2. The molecule has 0 saturated carbocycles. The molecule has 0 bridgehead atoms. The van der Waals surface area contributed by atoms with E-state index in [0.29, 0.717) is 31.2 Å². The average molecular weight is 375 g/mol. The van der Waals surface area contributed by atoms with Crippen LogP contribution in [0, 0.1) is 0 Å². The summed E-state index contributed by atoms with van der Waals surface area (Å²) in [6.07, 6.45) is 2.45. The van der Waals surface area contributed by atoms with Gasteiger partial charge in [-0.2, -0.15) is 4.98 Å². The van der Waals surface area contributed by atoms with Gasteiger partial charge in [0.2, 0.25) is 5.91 Å². The fraction of sp³-hybridized carbons (Fsp3) is 0.348. The third kappa shape index (κ3) is 3.84. The Morgan fingerprint density at radius 2 is 1.57 bits per heavy atom. The minimum absolute atomic E-state index is 0.0187. The number of carbonyl (C=O) groups excluding carboxylic acids is 1. The Hall–Kier alpha value is -2.95. The van der Waals surface area contributed by atoms with Gasteiger partial charge in [-0.1, -0.05) is 55.4 Å². The van der Waals surface area contributed by atoms with Gasteiger partial charge in [0.15, 0.2) is 5.82 Å². The fourth-order valence-electron chi connectivity index (χ4n) is 3.60. The largest absolute Gasteiger partial charge is 0.338 e. The summed E-state index contributed by atoms with van der Waals surface area (Å²) in [5.41, 5.74) is 4.64. The van der Waals surface area contributed by atoms with E-state index in [9.17, 15) is 4.79 Å². The lowest BCUT2D eigenvalue weighted by Gasteiger charge is -2.16. The van der Waals surface area contributed by atoms with E-state index in [1.807, 2.05) is 17.0 Å². The Balaban J connectivity index is 1.44. The lowest BCUT2D eigenvalue weighted by Crippen LogP contribution is -2.24. The Labute approximate surface area is 165 Å². The van der Waals surface area contributed by atoms with Gasteiger partial charge >= 0.3 is 0 Å². The van der Waals surface area contributed by atoms with Crippen LogP contribution in [-0.2, 0) is 24.2 Å². The number of likely N-dealkylation sites (tertiary alicyclic amines) is 1. The molecule has 1 aliphatic rings. The lowest BCUT2D eigenvalue weighted by atomic mass is 10.1. The van der Waals surface area contributed by atoms with E-state index in [2.05, 4.69) is 60.4 Å². The number of hydrogen-bond donors (Lipinski definition) is 0. The number of amides is 1. The zero-order chi connectivity index (χ0) is 19.5. The molecule has 3 aromatic rings. The first kappa shape index (κ1) is 18.4. The summed E-state index contributed by atoms with van der Waals surface area (Å²) in [5, 5.41) is 4.15. The minimum Gasteiger partial charge on any atom is -0.338 e. The number of rotatable bonds is 6. The van der Waals surface area contributed by atoms with Gasteiger partial charge in [0.05, 0.1) is 0 Å². The summed E-state index contributed by atoms with van der Waals surface area (Å²) >= 11 is 0. The Kier molecular flexibility index (Phi) is 5.24.